The number of anilines is 1. The summed E-state index contributed by atoms with van der Waals surface area (Å²) in [6.07, 6.45) is 2.06. The summed E-state index contributed by atoms with van der Waals surface area (Å²) in [5.41, 5.74) is 8.52. The fourth-order valence-electron chi connectivity index (χ4n) is 3.59. The molecule has 1 aliphatic heterocycles. The van der Waals surface area contributed by atoms with Crippen LogP contribution in [0.2, 0.25) is 0 Å². The lowest BCUT2D eigenvalue weighted by molar-refractivity contribution is 0.133. The molecular weight excluding hydrogens is 224 g/mol. The first-order valence-electron chi connectivity index (χ1n) is 6.94. The van der Waals surface area contributed by atoms with Gasteiger partial charge < -0.3 is 15.7 Å². The first-order valence-corrected chi connectivity index (χ1v) is 6.94. The second-order valence-electron chi connectivity index (χ2n) is 5.82. The van der Waals surface area contributed by atoms with Gasteiger partial charge in [-0.3, -0.25) is 0 Å². The van der Waals surface area contributed by atoms with Gasteiger partial charge in [0.05, 0.1) is 6.10 Å². The van der Waals surface area contributed by atoms with E-state index in [4.69, 9.17) is 5.73 Å². The van der Waals surface area contributed by atoms with Crippen molar-refractivity contribution in [3.05, 3.63) is 29.8 Å². The van der Waals surface area contributed by atoms with Gasteiger partial charge in [-0.15, -0.1) is 0 Å². The van der Waals surface area contributed by atoms with E-state index >= 15 is 0 Å². The number of fused-ring (bicyclic) bond motifs is 1. The molecule has 0 spiro atoms. The zero-order valence-corrected chi connectivity index (χ0v) is 10.9. The number of nitrogens with zero attached hydrogens (tertiary/aromatic N) is 1. The Labute approximate surface area is 109 Å². The quantitative estimate of drug-likeness (QED) is 0.838. The molecule has 1 heterocycles. The van der Waals surface area contributed by atoms with Gasteiger partial charge in [0, 0.05) is 30.7 Å². The van der Waals surface area contributed by atoms with Crippen molar-refractivity contribution in [2.75, 3.05) is 18.0 Å². The van der Waals surface area contributed by atoms with Crippen LogP contribution >= 0.6 is 0 Å². The Morgan fingerprint density at radius 3 is 2.78 bits per heavy atom. The minimum absolute atomic E-state index is 0.0616. The molecule has 2 aliphatic rings. The molecule has 4 atom stereocenters. The van der Waals surface area contributed by atoms with Crippen LogP contribution in [0.1, 0.15) is 31.4 Å². The molecule has 1 aromatic rings. The summed E-state index contributed by atoms with van der Waals surface area (Å²) in [4.78, 5) is 2.41. The van der Waals surface area contributed by atoms with E-state index in [1.54, 1.807) is 0 Å². The minimum Gasteiger partial charge on any atom is -0.393 e. The van der Waals surface area contributed by atoms with Crippen LogP contribution in [0.3, 0.4) is 0 Å². The molecule has 1 saturated heterocycles. The number of aliphatic hydroxyl groups excluding tert-OH is 1. The Balaban J connectivity index is 1.85. The van der Waals surface area contributed by atoms with Crippen molar-refractivity contribution >= 4 is 5.69 Å². The van der Waals surface area contributed by atoms with Gasteiger partial charge in [0.1, 0.15) is 0 Å². The molecule has 4 unspecified atom stereocenters. The molecule has 0 amide bonds. The summed E-state index contributed by atoms with van der Waals surface area (Å²) in [6, 6.07) is 8.46. The topological polar surface area (TPSA) is 49.5 Å². The Kier molecular flexibility index (Phi) is 3.04. The molecule has 0 aromatic heterocycles. The SMILES string of the molecule is CC(N)c1ccccc1N1CC2CCC(O)C2C1. The zero-order valence-electron chi connectivity index (χ0n) is 10.9. The van der Waals surface area contributed by atoms with Gasteiger partial charge in [-0.2, -0.15) is 0 Å². The lowest BCUT2D eigenvalue weighted by atomic mass is 10.00. The standard InChI is InChI=1S/C15H22N2O/c1-10(16)12-4-2-3-5-14(12)17-8-11-6-7-15(18)13(11)9-17/h2-5,10-11,13,15,18H,6-9,16H2,1H3. The van der Waals surface area contributed by atoms with Crippen LogP contribution < -0.4 is 10.6 Å². The van der Waals surface area contributed by atoms with E-state index in [-0.39, 0.29) is 12.1 Å². The third-order valence-corrected chi connectivity index (χ3v) is 4.59. The number of benzene rings is 1. The van der Waals surface area contributed by atoms with Crippen LogP contribution in [0.5, 0.6) is 0 Å². The third-order valence-electron chi connectivity index (χ3n) is 4.59. The lowest BCUT2D eigenvalue weighted by Crippen LogP contribution is -2.26. The first kappa shape index (κ1) is 12.0. The summed E-state index contributed by atoms with van der Waals surface area (Å²) in [6.45, 7) is 4.09. The number of hydrogen-bond donors (Lipinski definition) is 2. The number of rotatable bonds is 2. The van der Waals surface area contributed by atoms with Gasteiger partial charge in [-0.05, 0) is 37.3 Å². The van der Waals surface area contributed by atoms with Gasteiger partial charge in [0.2, 0.25) is 0 Å². The van der Waals surface area contributed by atoms with Gasteiger partial charge in [0.25, 0.3) is 0 Å². The van der Waals surface area contributed by atoms with Crippen molar-refractivity contribution in [1.29, 1.82) is 0 Å². The Bertz CT molecular complexity index is 432. The second-order valence-corrected chi connectivity index (χ2v) is 5.82. The van der Waals surface area contributed by atoms with Crippen LogP contribution in [0.25, 0.3) is 0 Å². The molecule has 18 heavy (non-hydrogen) atoms. The molecule has 3 nitrogen and oxygen atoms in total. The summed E-state index contributed by atoms with van der Waals surface area (Å²) in [5.74, 6) is 1.13. The fraction of sp³-hybridized carbons (Fsp3) is 0.600. The van der Waals surface area contributed by atoms with E-state index in [1.165, 1.54) is 17.7 Å². The van der Waals surface area contributed by atoms with Gasteiger partial charge in [-0.25, -0.2) is 0 Å². The van der Waals surface area contributed by atoms with Gasteiger partial charge >= 0.3 is 0 Å². The molecule has 0 bridgehead atoms. The summed E-state index contributed by atoms with van der Waals surface area (Å²) >= 11 is 0. The molecule has 3 N–H and O–H groups in total. The number of para-hydroxylation sites is 1. The fourth-order valence-corrected chi connectivity index (χ4v) is 3.59. The molecule has 1 aromatic carbocycles. The highest BCUT2D eigenvalue weighted by atomic mass is 16.3. The van der Waals surface area contributed by atoms with Crippen molar-refractivity contribution < 1.29 is 5.11 Å². The highest BCUT2D eigenvalue weighted by molar-refractivity contribution is 5.56. The molecule has 1 saturated carbocycles. The predicted octanol–water partition coefficient (Wildman–Crippen LogP) is 1.91. The molecule has 3 heteroatoms. The molecule has 98 valence electrons. The monoisotopic (exact) mass is 246 g/mol. The van der Waals surface area contributed by atoms with E-state index < -0.39 is 0 Å². The number of nitrogens with two attached hydrogens (primary N) is 1. The van der Waals surface area contributed by atoms with Gasteiger partial charge in [-0.1, -0.05) is 18.2 Å². The van der Waals surface area contributed by atoms with E-state index in [1.807, 2.05) is 13.0 Å². The Morgan fingerprint density at radius 2 is 2.06 bits per heavy atom. The Morgan fingerprint density at radius 1 is 1.28 bits per heavy atom. The largest absolute Gasteiger partial charge is 0.393 e. The average Bonchev–Trinajstić information content (AvgIpc) is 2.92. The van der Waals surface area contributed by atoms with Crippen molar-refractivity contribution in [1.82, 2.24) is 0 Å². The van der Waals surface area contributed by atoms with Crippen LogP contribution in [-0.4, -0.2) is 24.3 Å². The smallest absolute Gasteiger partial charge is 0.0588 e. The summed E-state index contributed by atoms with van der Waals surface area (Å²) in [5, 5.41) is 9.99. The third kappa shape index (κ3) is 1.91. The average molecular weight is 246 g/mol. The lowest BCUT2D eigenvalue weighted by Gasteiger charge is -2.24. The summed E-state index contributed by atoms with van der Waals surface area (Å²) < 4.78 is 0. The van der Waals surface area contributed by atoms with E-state index in [0.29, 0.717) is 11.8 Å². The van der Waals surface area contributed by atoms with Crippen molar-refractivity contribution in [2.45, 2.75) is 31.9 Å². The van der Waals surface area contributed by atoms with E-state index in [9.17, 15) is 5.11 Å². The number of aliphatic hydroxyl groups is 1. The van der Waals surface area contributed by atoms with E-state index in [0.717, 1.165) is 19.5 Å². The molecule has 0 radical (unpaired) electrons. The molecule has 1 aliphatic carbocycles. The van der Waals surface area contributed by atoms with Crippen LogP contribution in [0.15, 0.2) is 24.3 Å². The maximum atomic E-state index is 9.99. The normalized spacial score (nSPS) is 32.6. The zero-order chi connectivity index (χ0) is 12.7. The number of hydrogen-bond acceptors (Lipinski definition) is 3. The Hall–Kier alpha value is -1.06. The van der Waals surface area contributed by atoms with Crippen LogP contribution in [-0.2, 0) is 0 Å². The molecule has 2 fully saturated rings. The molecular formula is C15H22N2O. The van der Waals surface area contributed by atoms with Crippen molar-refractivity contribution in [3.8, 4) is 0 Å². The first-order chi connectivity index (χ1) is 8.66. The van der Waals surface area contributed by atoms with Crippen molar-refractivity contribution in [3.63, 3.8) is 0 Å². The maximum absolute atomic E-state index is 9.99. The molecule has 3 rings (SSSR count). The predicted molar refractivity (Wildman–Crippen MR) is 73.5 cm³/mol. The highest BCUT2D eigenvalue weighted by Gasteiger charge is 2.42. The van der Waals surface area contributed by atoms with Gasteiger partial charge in [0.15, 0.2) is 0 Å². The highest BCUT2D eigenvalue weighted by Crippen LogP contribution is 2.41. The second kappa shape index (κ2) is 4.56. The minimum atomic E-state index is -0.0949. The van der Waals surface area contributed by atoms with Crippen molar-refractivity contribution in [2.24, 2.45) is 17.6 Å². The van der Waals surface area contributed by atoms with Crippen LogP contribution in [0.4, 0.5) is 5.69 Å². The maximum Gasteiger partial charge on any atom is 0.0588 e. The van der Waals surface area contributed by atoms with Crippen LogP contribution in [0, 0.1) is 11.8 Å². The van der Waals surface area contributed by atoms with E-state index in [2.05, 4.69) is 23.1 Å². The summed E-state index contributed by atoms with van der Waals surface area (Å²) in [7, 11) is 0.